The first-order chi connectivity index (χ1) is 6.51. The van der Waals surface area contributed by atoms with E-state index in [-0.39, 0.29) is 5.54 Å². The lowest BCUT2D eigenvalue weighted by Gasteiger charge is -2.21. The van der Waals surface area contributed by atoms with Crippen molar-refractivity contribution in [3.8, 4) is 0 Å². The number of likely N-dealkylation sites (tertiary alicyclic amines) is 1. The molecule has 1 aliphatic rings. The van der Waals surface area contributed by atoms with Gasteiger partial charge >= 0.3 is 0 Å². The number of nitrogens with two attached hydrogens (primary N) is 1. The Morgan fingerprint density at radius 3 is 2.71 bits per heavy atom. The van der Waals surface area contributed by atoms with Crippen LogP contribution in [0.15, 0.2) is 0 Å². The van der Waals surface area contributed by atoms with Crippen molar-refractivity contribution in [1.82, 2.24) is 4.90 Å². The first-order valence-electron chi connectivity index (χ1n) is 5.55. The summed E-state index contributed by atoms with van der Waals surface area (Å²) in [6.45, 7) is 7.63. The summed E-state index contributed by atoms with van der Waals surface area (Å²) >= 11 is 0. The molecular formula is C11H24N2O. The van der Waals surface area contributed by atoms with Crippen LogP contribution in [0.25, 0.3) is 0 Å². The van der Waals surface area contributed by atoms with Gasteiger partial charge in [-0.25, -0.2) is 0 Å². The van der Waals surface area contributed by atoms with Crippen LogP contribution >= 0.6 is 0 Å². The number of ether oxygens (including phenoxy) is 1. The van der Waals surface area contributed by atoms with Crippen LogP contribution in [0.5, 0.6) is 0 Å². The standard InChI is InChI=1S/C11H24N2O/c1-11(2,12)6-4-7-13-8-5-10(9-13)14-3/h10H,4-9,12H2,1-3H3. The SMILES string of the molecule is COC1CCN(CCCC(C)(C)N)C1. The number of hydrogen-bond donors (Lipinski definition) is 1. The highest BCUT2D eigenvalue weighted by atomic mass is 16.5. The van der Waals surface area contributed by atoms with Gasteiger partial charge in [-0.1, -0.05) is 0 Å². The molecule has 0 aromatic heterocycles. The van der Waals surface area contributed by atoms with Crippen molar-refractivity contribution in [2.45, 2.75) is 44.8 Å². The predicted molar refractivity (Wildman–Crippen MR) is 59.4 cm³/mol. The van der Waals surface area contributed by atoms with Crippen molar-refractivity contribution in [3.63, 3.8) is 0 Å². The van der Waals surface area contributed by atoms with E-state index in [1.54, 1.807) is 7.11 Å². The van der Waals surface area contributed by atoms with Crippen molar-refractivity contribution in [1.29, 1.82) is 0 Å². The van der Waals surface area contributed by atoms with Crippen LogP contribution in [0.2, 0.25) is 0 Å². The monoisotopic (exact) mass is 200 g/mol. The van der Waals surface area contributed by atoms with Gasteiger partial charge in [0.15, 0.2) is 0 Å². The molecule has 1 unspecified atom stereocenters. The summed E-state index contributed by atoms with van der Waals surface area (Å²) in [4.78, 5) is 2.47. The van der Waals surface area contributed by atoms with Gasteiger partial charge in [-0.3, -0.25) is 0 Å². The van der Waals surface area contributed by atoms with Gasteiger partial charge in [0.1, 0.15) is 0 Å². The van der Waals surface area contributed by atoms with Gasteiger partial charge in [0, 0.05) is 25.7 Å². The van der Waals surface area contributed by atoms with Gasteiger partial charge in [0.05, 0.1) is 6.10 Å². The molecule has 1 aliphatic heterocycles. The van der Waals surface area contributed by atoms with Crippen molar-refractivity contribution >= 4 is 0 Å². The van der Waals surface area contributed by atoms with E-state index in [2.05, 4.69) is 18.7 Å². The highest BCUT2D eigenvalue weighted by Crippen LogP contribution is 2.14. The highest BCUT2D eigenvalue weighted by molar-refractivity contribution is 4.77. The van der Waals surface area contributed by atoms with E-state index >= 15 is 0 Å². The van der Waals surface area contributed by atoms with E-state index in [1.165, 1.54) is 25.9 Å². The third kappa shape index (κ3) is 4.40. The highest BCUT2D eigenvalue weighted by Gasteiger charge is 2.21. The molecule has 3 heteroatoms. The lowest BCUT2D eigenvalue weighted by atomic mass is 10.0. The largest absolute Gasteiger partial charge is 0.380 e. The Morgan fingerprint density at radius 1 is 1.50 bits per heavy atom. The molecule has 0 aromatic rings. The molecule has 0 spiro atoms. The van der Waals surface area contributed by atoms with Crippen molar-refractivity contribution < 1.29 is 4.74 Å². The minimum Gasteiger partial charge on any atom is -0.380 e. The second-order valence-electron chi connectivity index (χ2n) is 5.04. The summed E-state index contributed by atoms with van der Waals surface area (Å²) in [6.07, 6.45) is 3.93. The molecular weight excluding hydrogens is 176 g/mol. The summed E-state index contributed by atoms with van der Waals surface area (Å²) in [5, 5.41) is 0. The Hall–Kier alpha value is -0.120. The number of hydrogen-bond acceptors (Lipinski definition) is 3. The van der Waals surface area contributed by atoms with E-state index in [9.17, 15) is 0 Å². The molecule has 0 aliphatic carbocycles. The van der Waals surface area contributed by atoms with Gasteiger partial charge in [0.25, 0.3) is 0 Å². The fourth-order valence-corrected chi connectivity index (χ4v) is 1.95. The van der Waals surface area contributed by atoms with Crippen molar-refractivity contribution in [2.24, 2.45) is 5.73 Å². The summed E-state index contributed by atoms with van der Waals surface area (Å²) < 4.78 is 5.32. The van der Waals surface area contributed by atoms with Gasteiger partial charge < -0.3 is 15.4 Å². The Balaban J connectivity index is 2.09. The maximum absolute atomic E-state index is 5.93. The molecule has 14 heavy (non-hydrogen) atoms. The van der Waals surface area contributed by atoms with Crippen LogP contribution < -0.4 is 5.73 Å². The first-order valence-corrected chi connectivity index (χ1v) is 5.55. The zero-order valence-corrected chi connectivity index (χ0v) is 9.75. The molecule has 1 rings (SSSR count). The van der Waals surface area contributed by atoms with E-state index in [4.69, 9.17) is 10.5 Å². The number of rotatable bonds is 5. The third-order valence-electron chi connectivity index (χ3n) is 2.86. The second-order valence-corrected chi connectivity index (χ2v) is 5.04. The van der Waals surface area contributed by atoms with Gasteiger partial charge in [-0.15, -0.1) is 0 Å². The van der Waals surface area contributed by atoms with Crippen LogP contribution in [0.1, 0.15) is 33.1 Å². The summed E-state index contributed by atoms with van der Waals surface area (Å²) in [7, 11) is 1.80. The zero-order chi connectivity index (χ0) is 10.6. The second kappa shape index (κ2) is 5.10. The molecule has 0 saturated carbocycles. The van der Waals surface area contributed by atoms with Gasteiger partial charge in [-0.2, -0.15) is 0 Å². The Kier molecular flexibility index (Phi) is 4.35. The fraction of sp³-hybridized carbons (Fsp3) is 1.00. The van der Waals surface area contributed by atoms with E-state index in [1.807, 2.05) is 0 Å². The first kappa shape index (κ1) is 12.0. The smallest absolute Gasteiger partial charge is 0.0710 e. The Labute approximate surface area is 87.6 Å². The molecule has 0 aromatic carbocycles. The molecule has 84 valence electrons. The molecule has 0 amide bonds. The molecule has 1 fully saturated rings. The van der Waals surface area contributed by atoms with Crippen LogP contribution in [0.3, 0.4) is 0 Å². The molecule has 0 radical (unpaired) electrons. The lowest BCUT2D eigenvalue weighted by molar-refractivity contribution is 0.108. The van der Waals surface area contributed by atoms with Crippen molar-refractivity contribution in [3.05, 3.63) is 0 Å². The average molecular weight is 200 g/mol. The molecule has 1 atom stereocenters. The average Bonchev–Trinajstić information content (AvgIpc) is 2.50. The maximum Gasteiger partial charge on any atom is 0.0710 e. The lowest BCUT2D eigenvalue weighted by Crippen LogP contribution is -2.33. The number of methoxy groups -OCH3 is 1. The van der Waals surface area contributed by atoms with E-state index in [0.29, 0.717) is 6.10 Å². The van der Waals surface area contributed by atoms with E-state index in [0.717, 1.165) is 13.0 Å². The summed E-state index contributed by atoms with van der Waals surface area (Å²) in [6, 6.07) is 0. The molecule has 1 saturated heterocycles. The quantitative estimate of drug-likeness (QED) is 0.725. The third-order valence-corrected chi connectivity index (χ3v) is 2.86. The minimum atomic E-state index is -0.0135. The zero-order valence-electron chi connectivity index (χ0n) is 9.75. The van der Waals surface area contributed by atoms with E-state index < -0.39 is 0 Å². The molecule has 0 bridgehead atoms. The Bertz CT molecular complexity index is 165. The molecule has 1 heterocycles. The normalized spacial score (nSPS) is 24.4. The molecule has 2 N–H and O–H groups in total. The van der Waals surface area contributed by atoms with Crippen LogP contribution in [0, 0.1) is 0 Å². The van der Waals surface area contributed by atoms with Gasteiger partial charge in [-0.05, 0) is 39.7 Å². The van der Waals surface area contributed by atoms with Crippen LogP contribution in [-0.4, -0.2) is 43.3 Å². The van der Waals surface area contributed by atoms with Crippen LogP contribution in [0.4, 0.5) is 0 Å². The summed E-state index contributed by atoms with van der Waals surface area (Å²) in [5.41, 5.74) is 5.92. The Morgan fingerprint density at radius 2 is 2.21 bits per heavy atom. The topological polar surface area (TPSA) is 38.5 Å². The fourth-order valence-electron chi connectivity index (χ4n) is 1.95. The maximum atomic E-state index is 5.93. The summed E-state index contributed by atoms with van der Waals surface area (Å²) in [5.74, 6) is 0. The minimum absolute atomic E-state index is 0.0135. The van der Waals surface area contributed by atoms with Crippen molar-refractivity contribution in [2.75, 3.05) is 26.7 Å². The van der Waals surface area contributed by atoms with Crippen LogP contribution in [-0.2, 0) is 4.74 Å². The number of nitrogens with zero attached hydrogens (tertiary/aromatic N) is 1. The molecule has 3 nitrogen and oxygen atoms in total. The predicted octanol–water partition coefficient (Wildman–Crippen LogP) is 1.22. The van der Waals surface area contributed by atoms with Gasteiger partial charge in [0.2, 0.25) is 0 Å².